The second-order valence-electron chi connectivity index (χ2n) is 7.43. The Bertz CT molecular complexity index is 354. The summed E-state index contributed by atoms with van der Waals surface area (Å²) in [5.41, 5.74) is 1.56. The first kappa shape index (κ1) is 21.3. The highest BCUT2D eigenvalue weighted by atomic mass is 14.2. The smallest absolute Gasteiger partial charge is 0.0162 e. The lowest BCUT2D eigenvalue weighted by Gasteiger charge is -2.17. The highest BCUT2D eigenvalue weighted by molar-refractivity contribution is 5.19. The molecule has 0 fully saturated rings. The van der Waals surface area contributed by atoms with Crippen molar-refractivity contribution in [2.45, 2.75) is 109 Å². The van der Waals surface area contributed by atoms with Crippen LogP contribution in [0.25, 0.3) is 0 Å². The summed E-state index contributed by atoms with van der Waals surface area (Å²) in [5.74, 6) is 0.778. The van der Waals surface area contributed by atoms with Crippen molar-refractivity contribution in [3.8, 4) is 0 Å². The molecule has 0 nitrogen and oxygen atoms in total. The molecule has 0 bridgehead atoms. The molecule has 0 amide bonds. The zero-order valence-corrected chi connectivity index (χ0v) is 16.3. The maximum absolute atomic E-state index is 3.96. The molecule has 1 unspecified atom stereocenters. The van der Waals surface area contributed by atoms with Gasteiger partial charge in [0.15, 0.2) is 0 Å². The van der Waals surface area contributed by atoms with Gasteiger partial charge in [0.05, 0.1) is 0 Å². The quantitative estimate of drug-likeness (QED) is 0.267. The van der Waals surface area contributed by atoms with Gasteiger partial charge in [0.2, 0.25) is 0 Å². The maximum atomic E-state index is 3.96. The number of rotatable bonds is 16. The molecule has 1 rings (SSSR count). The molecule has 0 saturated heterocycles. The zero-order chi connectivity index (χ0) is 17.3. The molecule has 1 atom stereocenters. The lowest BCUT2D eigenvalue weighted by atomic mass is 9.88. The van der Waals surface area contributed by atoms with E-state index in [4.69, 9.17) is 0 Å². The average Bonchev–Trinajstić information content (AvgIpc) is 2.63. The lowest BCUT2D eigenvalue weighted by molar-refractivity contribution is 0.489. The third kappa shape index (κ3) is 10.9. The van der Waals surface area contributed by atoms with E-state index in [2.05, 4.69) is 44.2 Å². The standard InChI is InChI=1S/C24H41/c1-3-5-7-9-10-11-12-13-16-20-23(19-15-8-6-4-2)24-21-17-14-18-22-24/h14,17-18,21-23H,2-13,15-16,19-20H2,1H3. The van der Waals surface area contributed by atoms with Crippen LogP contribution < -0.4 is 0 Å². The molecule has 137 valence electrons. The van der Waals surface area contributed by atoms with Gasteiger partial charge in [-0.15, -0.1) is 0 Å². The van der Waals surface area contributed by atoms with Crippen LogP contribution in [0.1, 0.15) is 115 Å². The van der Waals surface area contributed by atoms with Crippen molar-refractivity contribution in [3.05, 3.63) is 42.8 Å². The summed E-state index contributed by atoms with van der Waals surface area (Å²) in [6.07, 6.45) is 20.7. The summed E-state index contributed by atoms with van der Waals surface area (Å²) in [6, 6.07) is 11.2. The molecule has 1 aromatic rings. The van der Waals surface area contributed by atoms with Gasteiger partial charge in [-0.05, 0) is 24.3 Å². The van der Waals surface area contributed by atoms with E-state index in [1.807, 2.05) is 0 Å². The van der Waals surface area contributed by atoms with E-state index in [1.165, 1.54) is 89.9 Å². The van der Waals surface area contributed by atoms with Gasteiger partial charge >= 0.3 is 0 Å². The number of hydrogen-bond donors (Lipinski definition) is 0. The molecular formula is C24H41. The first-order valence-corrected chi connectivity index (χ1v) is 10.7. The van der Waals surface area contributed by atoms with E-state index in [1.54, 1.807) is 5.56 Å². The number of unbranched alkanes of at least 4 members (excludes halogenated alkanes) is 11. The Labute approximate surface area is 152 Å². The molecule has 0 heteroatoms. The van der Waals surface area contributed by atoms with E-state index in [9.17, 15) is 0 Å². The molecule has 0 aromatic heterocycles. The van der Waals surface area contributed by atoms with E-state index in [-0.39, 0.29) is 0 Å². The normalized spacial score (nSPS) is 12.4. The van der Waals surface area contributed by atoms with Crippen molar-refractivity contribution in [2.24, 2.45) is 0 Å². The third-order valence-electron chi connectivity index (χ3n) is 5.23. The second-order valence-corrected chi connectivity index (χ2v) is 7.43. The largest absolute Gasteiger partial charge is 0.0654 e. The Morgan fingerprint density at radius 1 is 0.667 bits per heavy atom. The van der Waals surface area contributed by atoms with Crippen molar-refractivity contribution in [3.63, 3.8) is 0 Å². The highest BCUT2D eigenvalue weighted by Crippen LogP contribution is 2.28. The molecule has 1 aromatic carbocycles. The number of benzene rings is 1. The summed E-state index contributed by atoms with van der Waals surface area (Å²) >= 11 is 0. The van der Waals surface area contributed by atoms with E-state index in [0.717, 1.165) is 12.3 Å². The molecule has 0 aliphatic carbocycles. The van der Waals surface area contributed by atoms with Crippen LogP contribution in [0, 0.1) is 6.92 Å². The van der Waals surface area contributed by atoms with Crippen molar-refractivity contribution < 1.29 is 0 Å². The predicted octanol–water partition coefficient (Wildman–Crippen LogP) is 8.48. The van der Waals surface area contributed by atoms with Crippen LogP contribution >= 0.6 is 0 Å². The summed E-state index contributed by atoms with van der Waals surface area (Å²) < 4.78 is 0. The van der Waals surface area contributed by atoms with Gasteiger partial charge in [0, 0.05) is 0 Å². The molecule has 1 radical (unpaired) electrons. The molecule has 0 aliphatic rings. The van der Waals surface area contributed by atoms with Gasteiger partial charge in [-0.2, -0.15) is 0 Å². The first-order chi connectivity index (χ1) is 11.9. The minimum atomic E-state index is 0.778. The van der Waals surface area contributed by atoms with Crippen LogP contribution in [0.4, 0.5) is 0 Å². The minimum absolute atomic E-state index is 0.778. The Balaban J connectivity index is 2.17. The average molecular weight is 330 g/mol. The monoisotopic (exact) mass is 329 g/mol. The van der Waals surface area contributed by atoms with Crippen LogP contribution in [0.2, 0.25) is 0 Å². The summed E-state index contributed by atoms with van der Waals surface area (Å²) in [7, 11) is 0. The predicted molar refractivity (Wildman–Crippen MR) is 109 cm³/mol. The number of hydrogen-bond acceptors (Lipinski definition) is 0. The second kappa shape index (κ2) is 15.7. The fraction of sp³-hybridized carbons (Fsp3) is 0.708. The topological polar surface area (TPSA) is 0 Å². The molecular weight excluding hydrogens is 288 g/mol. The first-order valence-electron chi connectivity index (χ1n) is 10.7. The molecule has 24 heavy (non-hydrogen) atoms. The summed E-state index contributed by atoms with van der Waals surface area (Å²) in [4.78, 5) is 0. The Kier molecular flexibility index (Phi) is 13.9. The maximum Gasteiger partial charge on any atom is -0.0162 e. The highest BCUT2D eigenvalue weighted by Gasteiger charge is 2.10. The van der Waals surface area contributed by atoms with Crippen LogP contribution in [-0.4, -0.2) is 0 Å². The van der Waals surface area contributed by atoms with Crippen LogP contribution in [0.3, 0.4) is 0 Å². The zero-order valence-electron chi connectivity index (χ0n) is 16.3. The summed E-state index contributed by atoms with van der Waals surface area (Å²) in [6.45, 7) is 6.26. The lowest BCUT2D eigenvalue weighted by Crippen LogP contribution is -1.99. The summed E-state index contributed by atoms with van der Waals surface area (Å²) in [5, 5.41) is 0. The van der Waals surface area contributed by atoms with E-state index >= 15 is 0 Å². The Morgan fingerprint density at radius 3 is 1.71 bits per heavy atom. The minimum Gasteiger partial charge on any atom is -0.0654 e. The van der Waals surface area contributed by atoms with Crippen molar-refractivity contribution in [1.29, 1.82) is 0 Å². The third-order valence-corrected chi connectivity index (χ3v) is 5.23. The van der Waals surface area contributed by atoms with Crippen LogP contribution in [0.15, 0.2) is 30.3 Å². The van der Waals surface area contributed by atoms with Crippen molar-refractivity contribution in [2.75, 3.05) is 0 Å². The molecule has 0 spiro atoms. The fourth-order valence-corrected chi connectivity index (χ4v) is 3.65. The van der Waals surface area contributed by atoms with E-state index in [0.29, 0.717) is 0 Å². The van der Waals surface area contributed by atoms with Crippen LogP contribution in [-0.2, 0) is 0 Å². The van der Waals surface area contributed by atoms with Gasteiger partial charge in [0.25, 0.3) is 0 Å². The van der Waals surface area contributed by atoms with Gasteiger partial charge < -0.3 is 0 Å². The van der Waals surface area contributed by atoms with Gasteiger partial charge in [-0.1, -0.05) is 128 Å². The Morgan fingerprint density at radius 2 is 1.17 bits per heavy atom. The van der Waals surface area contributed by atoms with E-state index < -0.39 is 0 Å². The van der Waals surface area contributed by atoms with Gasteiger partial charge in [-0.25, -0.2) is 0 Å². The molecule has 0 heterocycles. The molecule has 0 saturated carbocycles. The van der Waals surface area contributed by atoms with Crippen molar-refractivity contribution >= 4 is 0 Å². The molecule has 0 aliphatic heterocycles. The molecule has 0 N–H and O–H groups in total. The fourth-order valence-electron chi connectivity index (χ4n) is 3.65. The Hall–Kier alpha value is -0.780. The van der Waals surface area contributed by atoms with Gasteiger partial charge in [-0.3, -0.25) is 0 Å². The van der Waals surface area contributed by atoms with Gasteiger partial charge in [0.1, 0.15) is 0 Å². The van der Waals surface area contributed by atoms with Crippen molar-refractivity contribution in [1.82, 2.24) is 0 Å². The SMILES string of the molecule is [CH2]CCCCCC(CCCCCCCCCCC)c1ccccc1. The van der Waals surface area contributed by atoms with Crippen LogP contribution in [0.5, 0.6) is 0 Å².